The van der Waals surface area contributed by atoms with Gasteiger partial charge in [-0.3, -0.25) is 4.79 Å². The Labute approximate surface area is 95.8 Å². The molecule has 0 aliphatic heterocycles. The minimum Gasteiger partial charge on any atom is -0.293 e. The normalized spacial score (nSPS) is 9.50. The van der Waals surface area contributed by atoms with Crippen LogP contribution in [0.4, 0.5) is 0 Å². The highest BCUT2D eigenvalue weighted by molar-refractivity contribution is 8.04. The first-order chi connectivity index (χ1) is 6.66. The van der Waals surface area contributed by atoms with Crippen molar-refractivity contribution in [1.29, 1.82) is 5.26 Å². The Balaban J connectivity index is 2.95. The van der Waals surface area contributed by atoms with Crippen LogP contribution in [0.1, 0.15) is 10.4 Å². The fourth-order valence-corrected chi connectivity index (χ4v) is 1.88. The van der Waals surface area contributed by atoms with Crippen molar-refractivity contribution in [2.24, 2.45) is 0 Å². The fourth-order valence-electron chi connectivity index (χ4n) is 0.934. The highest BCUT2D eigenvalue weighted by atomic mass is 35.5. The van der Waals surface area contributed by atoms with Crippen molar-refractivity contribution in [3.05, 3.63) is 33.8 Å². The SMILES string of the molecule is N#CSCC(=O)c1c(Cl)cccc1Cl. The number of thiocyanates is 1. The molecule has 2 nitrogen and oxygen atoms in total. The van der Waals surface area contributed by atoms with Gasteiger partial charge in [0.05, 0.1) is 21.4 Å². The molecule has 0 bridgehead atoms. The molecule has 1 aromatic rings. The van der Waals surface area contributed by atoms with E-state index in [1.165, 1.54) is 0 Å². The average Bonchev–Trinajstić information content (AvgIpc) is 2.14. The highest BCUT2D eigenvalue weighted by Crippen LogP contribution is 2.25. The third-order valence-electron chi connectivity index (χ3n) is 1.51. The lowest BCUT2D eigenvalue weighted by atomic mass is 10.1. The van der Waals surface area contributed by atoms with E-state index in [-0.39, 0.29) is 11.5 Å². The van der Waals surface area contributed by atoms with Gasteiger partial charge in [0.2, 0.25) is 0 Å². The van der Waals surface area contributed by atoms with Gasteiger partial charge >= 0.3 is 0 Å². The van der Waals surface area contributed by atoms with Crippen LogP contribution in [0.25, 0.3) is 0 Å². The van der Waals surface area contributed by atoms with Gasteiger partial charge in [-0.05, 0) is 23.9 Å². The maximum Gasteiger partial charge on any atom is 0.176 e. The second-order valence-corrected chi connectivity index (χ2v) is 3.97. The van der Waals surface area contributed by atoms with Crippen LogP contribution < -0.4 is 0 Å². The van der Waals surface area contributed by atoms with Gasteiger partial charge in [-0.2, -0.15) is 5.26 Å². The quantitative estimate of drug-likeness (QED) is 0.606. The first-order valence-corrected chi connectivity index (χ1v) is 5.39. The molecule has 0 N–H and O–H groups in total. The lowest BCUT2D eigenvalue weighted by Gasteiger charge is -2.03. The first-order valence-electron chi connectivity index (χ1n) is 3.65. The molecule has 0 aliphatic rings. The third kappa shape index (κ3) is 2.65. The van der Waals surface area contributed by atoms with E-state index in [4.69, 9.17) is 28.5 Å². The van der Waals surface area contributed by atoms with Crippen molar-refractivity contribution in [1.82, 2.24) is 0 Å². The highest BCUT2D eigenvalue weighted by Gasteiger charge is 2.13. The minimum atomic E-state index is -0.229. The summed E-state index contributed by atoms with van der Waals surface area (Å²) in [7, 11) is 0. The molecule has 1 rings (SSSR count). The second kappa shape index (κ2) is 5.26. The Hall–Kier alpha value is -0.690. The number of benzene rings is 1. The summed E-state index contributed by atoms with van der Waals surface area (Å²) in [4.78, 5) is 11.5. The Morgan fingerprint density at radius 2 is 2.00 bits per heavy atom. The summed E-state index contributed by atoms with van der Waals surface area (Å²) in [5, 5.41) is 10.8. The molecule has 72 valence electrons. The summed E-state index contributed by atoms with van der Waals surface area (Å²) in [5.41, 5.74) is 0.290. The summed E-state index contributed by atoms with van der Waals surface area (Å²) in [6.45, 7) is 0. The van der Waals surface area contributed by atoms with Crippen molar-refractivity contribution in [3.63, 3.8) is 0 Å². The van der Waals surface area contributed by atoms with Crippen molar-refractivity contribution < 1.29 is 4.79 Å². The lowest BCUT2D eigenvalue weighted by molar-refractivity contribution is 0.102. The standard InChI is InChI=1S/C9H5Cl2NOS/c10-6-2-1-3-7(11)9(6)8(13)4-14-5-12/h1-3H,4H2. The molecule has 5 heteroatoms. The van der Waals surface area contributed by atoms with Crippen LogP contribution in [-0.4, -0.2) is 11.5 Å². The Kier molecular flexibility index (Phi) is 4.27. The molecule has 0 radical (unpaired) electrons. The van der Waals surface area contributed by atoms with Crippen LogP contribution in [-0.2, 0) is 0 Å². The van der Waals surface area contributed by atoms with Crippen LogP contribution in [0.3, 0.4) is 0 Å². The summed E-state index contributed by atoms with van der Waals surface area (Å²) in [6, 6.07) is 4.86. The van der Waals surface area contributed by atoms with Crippen LogP contribution >= 0.6 is 35.0 Å². The Morgan fingerprint density at radius 3 is 2.50 bits per heavy atom. The second-order valence-electron chi connectivity index (χ2n) is 2.40. The molecule has 0 aromatic heterocycles. The molecule has 0 unspecified atom stereocenters. The fraction of sp³-hybridized carbons (Fsp3) is 0.111. The number of halogens is 2. The molecular formula is C9H5Cl2NOS. The van der Waals surface area contributed by atoms with Gasteiger partial charge in [-0.1, -0.05) is 29.3 Å². The van der Waals surface area contributed by atoms with E-state index in [2.05, 4.69) is 0 Å². The van der Waals surface area contributed by atoms with Crippen molar-refractivity contribution in [2.75, 3.05) is 5.75 Å². The molecule has 0 fully saturated rings. The molecule has 0 amide bonds. The summed E-state index contributed by atoms with van der Waals surface area (Å²) >= 11 is 12.5. The number of nitriles is 1. The molecule has 0 atom stereocenters. The van der Waals surface area contributed by atoms with Crippen LogP contribution in [0.15, 0.2) is 18.2 Å². The Morgan fingerprint density at radius 1 is 1.43 bits per heavy atom. The number of carbonyl (C=O) groups is 1. The number of hydrogen-bond acceptors (Lipinski definition) is 3. The number of carbonyl (C=O) groups excluding carboxylic acids is 1. The van der Waals surface area contributed by atoms with Crippen LogP contribution in [0.2, 0.25) is 10.0 Å². The van der Waals surface area contributed by atoms with Gasteiger partial charge in [0.1, 0.15) is 5.40 Å². The zero-order chi connectivity index (χ0) is 10.6. The van der Waals surface area contributed by atoms with Gasteiger partial charge < -0.3 is 0 Å². The zero-order valence-electron chi connectivity index (χ0n) is 6.96. The molecular weight excluding hydrogens is 241 g/mol. The number of rotatable bonds is 3. The van der Waals surface area contributed by atoms with Crippen molar-refractivity contribution >= 4 is 40.7 Å². The predicted molar refractivity (Wildman–Crippen MR) is 58.9 cm³/mol. The molecule has 1 aromatic carbocycles. The van der Waals surface area contributed by atoms with Crippen LogP contribution in [0, 0.1) is 10.7 Å². The molecule has 0 aliphatic carbocycles. The summed E-state index contributed by atoms with van der Waals surface area (Å²) in [5.74, 6) is -0.160. The van der Waals surface area contributed by atoms with Crippen molar-refractivity contribution in [2.45, 2.75) is 0 Å². The third-order valence-corrected chi connectivity index (χ3v) is 2.67. The predicted octanol–water partition coefficient (Wildman–Crippen LogP) is 3.39. The van der Waals surface area contributed by atoms with Gasteiger partial charge in [-0.25, -0.2) is 0 Å². The smallest absolute Gasteiger partial charge is 0.176 e. The van der Waals surface area contributed by atoms with E-state index in [1.807, 2.05) is 5.40 Å². The lowest BCUT2D eigenvalue weighted by Crippen LogP contribution is -2.03. The van der Waals surface area contributed by atoms with Crippen LogP contribution in [0.5, 0.6) is 0 Å². The summed E-state index contributed by atoms with van der Waals surface area (Å²) in [6.07, 6.45) is 0. The number of Topliss-reactive ketones (excluding diaryl/α,β-unsaturated/α-hetero) is 1. The summed E-state index contributed by atoms with van der Waals surface area (Å²) < 4.78 is 0. The number of hydrogen-bond donors (Lipinski definition) is 0. The van der Waals surface area contributed by atoms with E-state index < -0.39 is 0 Å². The molecule has 0 heterocycles. The van der Waals surface area contributed by atoms with Crippen molar-refractivity contribution in [3.8, 4) is 5.40 Å². The van der Waals surface area contributed by atoms with E-state index in [0.717, 1.165) is 11.8 Å². The number of ketones is 1. The van der Waals surface area contributed by atoms with E-state index >= 15 is 0 Å². The van der Waals surface area contributed by atoms with Gasteiger partial charge in [0.25, 0.3) is 0 Å². The largest absolute Gasteiger partial charge is 0.293 e. The zero-order valence-corrected chi connectivity index (χ0v) is 9.29. The minimum absolute atomic E-state index is 0.0694. The molecule has 14 heavy (non-hydrogen) atoms. The maximum absolute atomic E-state index is 11.5. The van der Waals surface area contributed by atoms with E-state index in [0.29, 0.717) is 15.6 Å². The van der Waals surface area contributed by atoms with Gasteiger partial charge in [0.15, 0.2) is 5.78 Å². The Bertz CT molecular complexity index is 380. The number of nitrogens with zero attached hydrogens (tertiary/aromatic N) is 1. The van der Waals surface area contributed by atoms with E-state index in [9.17, 15) is 4.79 Å². The monoisotopic (exact) mass is 245 g/mol. The van der Waals surface area contributed by atoms with Gasteiger partial charge in [-0.15, -0.1) is 0 Å². The topological polar surface area (TPSA) is 40.9 Å². The first kappa shape index (κ1) is 11.4. The molecule has 0 spiro atoms. The average molecular weight is 246 g/mol. The molecule has 0 saturated heterocycles. The number of thioether (sulfide) groups is 1. The maximum atomic E-state index is 11.5. The van der Waals surface area contributed by atoms with Gasteiger partial charge in [0, 0.05) is 0 Å². The molecule has 0 saturated carbocycles. The van der Waals surface area contributed by atoms with E-state index in [1.54, 1.807) is 18.2 Å².